The molecule has 0 spiro atoms. The minimum Gasteiger partial charge on any atom is -0.445 e. The second kappa shape index (κ2) is 5.88. The highest BCUT2D eigenvalue weighted by Crippen LogP contribution is 2.29. The molecule has 0 saturated heterocycles. The fourth-order valence-electron chi connectivity index (χ4n) is 2.75. The predicted molar refractivity (Wildman–Crippen MR) is 88.4 cm³/mol. The number of ether oxygens (including phenoxy) is 1. The minimum atomic E-state index is -1.20. The van der Waals surface area contributed by atoms with Gasteiger partial charge in [-0.15, -0.1) is 0 Å². The lowest BCUT2D eigenvalue weighted by Gasteiger charge is -2.33. The van der Waals surface area contributed by atoms with Gasteiger partial charge in [0.25, 0.3) is 5.91 Å². The van der Waals surface area contributed by atoms with Gasteiger partial charge < -0.3 is 10.1 Å². The lowest BCUT2D eigenvalue weighted by atomic mass is 9.89. The maximum atomic E-state index is 12.6. The lowest BCUT2D eigenvalue weighted by Crippen LogP contribution is -2.48. The first-order chi connectivity index (χ1) is 11.0. The Morgan fingerprint density at radius 3 is 2.57 bits per heavy atom. The van der Waals surface area contributed by atoms with Gasteiger partial charge in [0.1, 0.15) is 0 Å². The van der Waals surface area contributed by atoms with Crippen LogP contribution in [0.3, 0.4) is 0 Å². The Kier molecular flexibility index (Phi) is 3.90. The van der Waals surface area contributed by atoms with Crippen molar-refractivity contribution in [3.05, 3.63) is 65.2 Å². The van der Waals surface area contributed by atoms with Gasteiger partial charge in [-0.1, -0.05) is 37.3 Å². The number of hydrogen-bond acceptors (Lipinski definition) is 3. The fraction of sp³-hybridized carbons (Fsp3) is 0.263. The highest BCUT2D eigenvalue weighted by atomic mass is 16.6. The van der Waals surface area contributed by atoms with Crippen molar-refractivity contribution in [2.24, 2.45) is 0 Å². The van der Waals surface area contributed by atoms with Crippen molar-refractivity contribution in [2.45, 2.75) is 32.3 Å². The first-order valence-corrected chi connectivity index (χ1v) is 7.73. The van der Waals surface area contributed by atoms with E-state index >= 15 is 0 Å². The molecule has 0 aliphatic carbocycles. The predicted octanol–water partition coefficient (Wildman–Crippen LogP) is 3.36. The molecule has 1 atom stereocenters. The quantitative estimate of drug-likeness (QED) is 0.885. The van der Waals surface area contributed by atoms with Crippen molar-refractivity contribution >= 4 is 17.6 Å². The first kappa shape index (κ1) is 15.3. The Morgan fingerprint density at radius 2 is 1.87 bits per heavy atom. The first-order valence-electron chi connectivity index (χ1n) is 7.73. The van der Waals surface area contributed by atoms with Gasteiger partial charge in [0.05, 0.1) is 5.56 Å². The van der Waals surface area contributed by atoms with Gasteiger partial charge in [0.2, 0.25) is 0 Å². The molecule has 0 saturated carbocycles. The van der Waals surface area contributed by atoms with Crippen molar-refractivity contribution < 1.29 is 14.3 Å². The number of hydrogen-bond donors (Lipinski definition) is 1. The summed E-state index contributed by atoms with van der Waals surface area (Å²) in [6.07, 6.45) is 1.31. The molecule has 0 aromatic heterocycles. The van der Waals surface area contributed by atoms with Gasteiger partial charge in [-0.05, 0) is 42.7 Å². The molecule has 2 aromatic carbocycles. The summed E-state index contributed by atoms with van der Waals surface area (Å²) in [5.41, 5.74) is 2.07. The number of esters is 1. The lowest BCUT2D eigenvalue weighted by molar-refractivity contribution is -0.134. The van der Waals surface area contributed by atoms with Gasteiger partial charge in [0.15, 0.2) is 5.60 Å². The summed E-state index contributed by atoms with van der Waals surface area (Å²) in [5, 5.41) is 2.84. The van der Waals surface area contributed by atoms with E-state index in [2.05, 4.69) is 12.2 Å². The average Bonchev–Trinajstić information content (AvgIpc) is 2.55. The number of carbonyl (C=O) groups excluding carboxylic acids is 2. The van der Waals surface area contributed by atoms with Gasteiger partial charge in [-0.2, -0.15) is 0 Å². The van der Waals surface area contributed by atoms with Gasteiger partial charge >= 0.3 is 5.97 Å². The van der Waals surface area contributed by atoms with Crippen LogP contribution in [0, 0.1) is 0 Å². The van der Waals surface area contributed by atoms with E-state index in [1.807, 2.05) is 36.4 Å². The van der Waals surface area contributed by atoms with Crippen LogP contribution in [-0.4, -0.2) is 17.5 Å². The van der Waals surface area contributed by atoms with Gasteiger partial charge in [-0.25, -0.2) is 4.79 Å². The van der Waals surface area contributed by atoms with Crippen molar-refractivity contribution in [2.75, 3.05) is 5.32 Å². The molecule has 118 valence electrons. The smallest absolute Gasteiger partial charge is 0.339 e. The van der Waals surface area contributed by atoms with Crippen LogP contribution in [0.4, 0.5) is 5.69 Å². The van der Waals surface area contributed by atoms with Crippen LogP contribution in [0.1, 0.15) is 35.3 Å². The summed E-state index contributed by atoms with van der Waals surface area (Å²) >= 11 is 0. The number of anilines is 1. The van der Waals surface area contributed by atoms with E-state index in [0.29, 0.717) is 17.7 Å². The van der Waals surface area contributed by atoms with E-state index in [9.17, 15) is 9.59 Å². The molecule has 1 aliphatic heterocycles. The second-order valence-corrected chi connectivity index (χ2v) is 5.96. The van der Waals surface area contributed by atoms with Crippen LogP contribution in [0.25, 0.3) is 0 Å². The molecule has 1 aliphatic rings. The van der Waals surface area contributed by atoms with Gasteiger partial charge in [-0.3, -0.25) is 4.79 Å². The normalized spacial score (nSPS) is 19.7. The summed E-state index contributed by atoms with van der Waals surface area (Å²) in [6.45, 7) is 3.73. The Labute approximate surface area is 135 Å². The van der Waals surface area contributed by atoms with Crippen molar-refractivity contribution in [3.63, 3.8) is 0 Å². The van der Waals surface area contributed by atoms with E-state index in [4.69, 9.17) is 4.74 Å². The highest BCUT2D eigenvalue weighted by Gasteiger charge is 2.42. The van der Waals surface area contributed by atoms with E-state index in [1.54, 1.807) is 19.1 Å². The number of amides is 1. The number of cyclic esters (lactones) is 1. The average molecular weight is 309 g/mol. The number of nitrogens with one attached hydrogen (secondary N) is 1. The number of aryl methyl sites for hydroxylation is 1. The van der Waals surface area contributed by atoms with Crippen LogP contribution in [0.2, 0.25) is 0 Å². The van der Waals surface area contributed by atoms with Crippen LogP contribution in [0.5, 0.6) is 0 Å². The molecule has 0 bridgehead atoms. The van der Waals surface area contributed by atoms with Crippen LogP contribution < -0.4 is 5.32 Å². The molecule has 23 heavy (non-hydrogen) atoms. The zero-order valence-corrected chi connectivity index (χ0v) is 13.3. The Bertz CT molecular complexity index is 751. The summed E-state index contributed by atoms with van der Waals surface area (Å²) in [4.78, 5) is 24.8. The Morgan fingerprint density at radius 1 is 1.17 bits per heavy atom. The molecular weight excluding hydrogens is 290 g/mol. The van der Waals surface area contributed by atoms with E-state index in [0.717, 1.165) is 12.0 Å². The fourth-order valence-corrected chi connectivity index (χ4v) is 2.75. The number of carbonyl (C=O) groups is 2. The van der Waals surface area contributed by atoms with Gasteiger partial charge in [0, 0.05) is 12.1 Å². The number of rotatable bonds is 3. The Balaban J connectivity index is 1.80. The molecular formula is C19H19NO3. The molecule has 4 nitrogen and oxygen atoms in total. The largest absolute Gasteiger partial charge is 0.445 e. The number of fused-ring (bicyclic) bond motifs is 1. The summed E-state index contributed by atoms with van der Waals surface area (Å²) in [7, 11) is 0. The molecule has 0 radical (unpaired) electrons. The third kappa shape index (κ3) is 2.97. The molecule has 0 unspecified atom stereocenters. The summed E-state index contributed by atoms with van der Waals surface area (Å²) in [6, 6.07) is 14.9. The zero-order valence-electron chi connectivity index (χ0n) is 13.3. The maximum absolute atomic E-state index is 12.6. The zero-order chi connectivity index (χ0) is 16.4. The van der Waals surface area contributed by atoms with Crippen LogP contribution >= 0.6 is 0 Å². The standard InChI is InChI=1S/C19H19NO3/c1-3-13-8-10-15(11-9-13)20-18(22)19(2)12-14-6-4-5-7-16(14)17(21)23-19/h4-11H,3,12H2,1-2H3,(H,20,22)/t19-/m1/s1. The SMILES string of the molecule is CCc1ccc(NC(=O)[C@@]2(C)Cc3ccccc3C(=O)O2)cc1. The van der Waals surface area contributed by atoms with E-state index in [-0.39, 0.29) is 5.91 Å². The molecule has 1 N–H and O–H groups in total. The highest BCUT2D eigenvalue weighted by molar-refractivity contribution is 6.02. The van der Waals surface area contributed by atoms with Crippen LogP contribution in [-0.2, 0) is 22.4 Å². The second-order valence-electron chi connectivity index (χ2n) is 5.96. The molecule has 4 heteroatoms. The minimum absolute atomic E-state index is 0.315. The van der Waals surface area contributed by atoms with E-state index in [1.165, 1.54) is 5.56 Å². The maximum Gasteiger partial charge on any atom is 0.339 e. The molecule has 1 heterocycles. The van der Waals surface area contributed by atoms with Crippen molar-refractivity contribution in [1.29, 1.82) is 0 Å². The van der Waals surface area contributed by atoms with Crippen molar-refractivity contribution in [3.8, 4) is 0 Å². The third-order valence-corrected chi connectivity index (χ3v) is 4.18. The molecule has 2 aromatic rings. The molecule has 0 fully saturated rings. The summed E-state index contributed by atoms with van der Waals surface area (Å²) < 4.78 is 5.43. The molecule has 3 rings (SSSR count). The van der Waals surface area contributed by atoms with Crippen molar-refractivity contribution in [1.82, 2.24) is 0 Å². The van der Waals surface area contributed by atoms with E-state index < -0.39 is 11.6 Å². The monoisotopic (exact) mass is 309 g/mol. The number of benzene rings is 2. The summed E-state index contributed by atoms with van der Waals surface area (Å²) in [5.74, 6) is -0.768. The third-order valence-electron chi connectivity index (χ3n) is 4.18. The Hall–Kier alpha value is -2.62. The molecule has 1 amide bonds. The van der Waals surface area contributed by atoms with Crippen LogP contribution in [0.15, 0.2) is 48.5 Å². The topological polar surface area (TPSA) is 55.4 Å².